The first kappa shape index (κ1) is 9.08. The minimum absolute atomic E-state index is 0.109. The third-order valence-corrected chi connectivity index (χ3v) is 1.95. The normalized spacial score (nSPS) is 19.4. The van der Waals surface area contributed by atoms with Gasteiger partial charge in [-0.05, 0) is 6.07 Å². The van der Waals surface area contributed by atoms with Crippen LogP contribution < -0.4 is 15.2 Å². The van der Waals surface area contributed by atoms with E-state index >= 15 is 0 Å². The van der Waals surface area contributed by atoms with Gasteiger partial charge in [-0.1, -0.05) is 0 Å². The molecule has 0 amide bonds. The van der Waals surface area contributed by atoms with E-state index in [4.69, 9.17) is 19.9 Å². The van der Waals surface area contributed by atoms with Crippen molar-refractivity contribution in [2.75, 3.05) is 26.1 Å². The Morgan fingerprint density at radius 2 is 2.57 bits per heavy atom. The minimum atomic E-state index is -0.109. The first-order valence-corrected chi connectivity index (χ1v) is 4.34. The smallest absolute Gasteiger partial charge is 0.259 e. The number of methoxy groups -OCH3 is 1. The van der Waals surface area contributed by atoms with E-state index in [1.165, 1.54) is 0 Å². The Labute approximate surface area is 81.8 Å². The molecule has 2 rings (SSSR count). The number of aromatic nitrogens is 1. The number of nitrogens with zero attached hydrogens (tertiary/aromatic N) is 1. The van der Waals surface area contributed by atoms with E-state index < -0.39 is 0 Å². The van der Waals surface area contributed by atoms with E-state index in [1.54, 1.807) is 19.4 Å². The molecule has 76 valence electrons. The third-order valence-electron chi connectivity index (χ3n) is 1.95. The molecule has 0 radical (unpaired) electrons. The van der Waals surface area contributed by atoms with Gasteiger partial charge in [0.1, 0.15) is 6.61 Å². The zero-order valence-corrected chi connectivity index (χ0v) is 7.90. The molecule has 0 bridgehead atoms. The molecule has 0 fully saturated rings. The quantitative estimate of drug-likeness (QED) is 0.743. The van der Waals surface area contributed by atoms with Crippen LogP contribution in [0.4, 0.5) is 5.69 Å². The monoisotopic (exact) mass is 196 g/mol. The van der Waals surface area contributed by atoms with Crippen LogP contribution in [-0.4, -0.2) is 31.4 Å². The van der Waals surface area contributed by atoms with E-state index in [2.05, 4.69) is 4.98 Å². The summed E-state index contributed by atoms with van der Waals surface area (Å²) in [5.41, 5.74) is 6.23. The topological polar surface area (TPSA) is 66.6 Å². The summed E-state index contributed by atoms with van der Waals surface area (Å²) in [5.74, 6) is 0.971. The minimum Gasteiger partial charge on any atom is -0.482 e. The van der Waals surface area contributed by atoms with Gasteiger partial charge in [-0.3, -0.25) is 0 Å². The lowest BCUT2D eigenvalue weighted by molar-refractivity contribution is 0.0239. The van der Waals surface area contributed by atoms with E-state index in [1.807, 2.05) is 0 Å². The number of nitrogens with two attached hydrogens (primary N) is 1. The first-order valence-electron chi connectivity index (χ1n) is 4.34. The van der Waals surface area contributed by atoms with Gasteiger partial charge in [-0.25, -0.2) is 4.98 Å². The number of fused-ring (bicyclic) bond motifs is 1. The molecule has 14 heavy (non-hydrogen) atoms. The second-order valence-electron chi connectivity index (χ2n) is 3.04. The van der Waals surface area contributed by atoms with Gasteiger partial charge in [-0.15, -0.1) is 0 Å². The maximum Gasteiger partial charge on any atom is 0.259 e. The van der Waals surface area contributed by atoms with Crippen LogP contribution in [0.25, 0.3) is 0 Å². The predicted molar refractivity (Wildman–Crippen MR) is 50.4 cm³/mol. The fraction of sp³-hybridized carbons (Fsp3) is 0.444. The number of hydrogen-bond acceptors (Lipinski definition) is 5. The van der Waals surface area contributed by atoms with Gasteiger partial charge in [0, 0.05) is 13.3 Å². The summed E-state index contributed by atoms with van der Waals surface area (Å²) in [4.78, 5) is 4.03. The highest BCUT2D eigenvalue weighted by atomic mass is 16.6. The highest BCUT2D eigenvalue weighted by Crippen LogP contribution is 2.34. The average Bonchev–Trinajstić information content (AvgIpc) is 2.18. The van der Waals surface area contributed by atoms with Crippen molar-refractivity contribution in [1.82, 2.24) is 4.98 Å². The van der Waals surface area contributed by atoms with Gasteiger partial charge < -0.3 is 19.9 Å². The molecule has 0 saturated heterocycles. The highest BCUT2D eigenvalue weighted by Gasteiger charge is 2.23. The van der Waals surface area contributed by atoms with Gasteiger partial charge >= 0.3 is 0 Å². The summed E-state index contributed by atoms with van der Waals surface area (Å²) in [5, 5.41) is 0. The average molecular weight is 196 g/mol. The van der Waals surface area contributed by atoms with Crippen molar-refractivity contribution in [1.29, 1.82) is 0 Å². The lowest BCUT2D eigenvalue weighted by Gasteiger charge is -2.25. The van der Waals surface area contributed by atoms with Crippen molar-refractivity contribution in [2.24, 2.45) is 0 Å². The molecule has 1 atom stereocenters. The Morgan fingerprint density at radius 1 is 1.71 bits per heavy atom. The summed E-state index contributed by atoms with van der Waals surface area (Å²) < 4.78 is 15.9. The molecule has 2 heterocycles. The summed E-state index contributed by atoms with van der Waals surface area (Å²) >= 11 is 0. The summed E-state index contributed by atoms with van der Waals surface area (Å²) in [6.45, 7) is 0.923. The number of anilines is 1. The van der Waals surface area contributed by atoms with Crippen molar-refractivity contribution < 1.29 is 14.2 Å². The number of pyridine rings is 1. The molecule has 1 aromatic heterocycles. The Morgan fingerprint density at radius 3 is 3.36 bits per heavy atom. The molecule has 5 heteroatoms. The number of ether oxygens (including phenoxy) is 3. The summed E-state index contributed by atoms with van der Waals surface area (Å²) in [6, 6.07) is 1.68. The SMILES string of the molecule is COCC1COc2c(N)ccnc2O1. The summed E-state index contributed by atoms with van der Waals surface area (Å²) in [7, 11) is 1.62. The second-order valence-corrected chi connectivity index (χ2v) is 3.04. The molecule has 5 nitrogen and oxygen atoms in total. The Bertz CT molecular complexity index is 330. The number of hydrogen-bond donors (Lipinski definition) is 1. The maximum absolute atomic E-state index is 5.68. The standard InChI is InChI=1S/C9H12N2O3/c1-12-4-6-5-13-8-7(10)2-3-11-9(8)14-6/h2-3,6H,4-5H2,1H3,(H2,10,11). The zero-order valence-electron chi connectivity index (χ0n) is 7.90. The Kier molecular flexibility index (Phi) is 2.41. The van der Waals surface area contributed by atoms with Crippen LogP contribution in [0.5, 0.6) is 11.6 Å². The van der Waals surface area contributed by atoms with Crippen molar-refractivity contribution in [2.45, 2.75) is 6.10 Å². The van der Waals surface area contributed by atoms with Crippen LogP contribution in [0.2, 0.25) is 0 Å². The van der Waals surface area contributed by atoms with Gasteiger partial charge in [0.15, 0.2) is 6.10 Å². The molecule has 1 aliphatic heterocycles. The Hall–Kier alpha value is -1.49. The van der Waals surface area contributed by atoms with E-state index in [9.17, 15) is 0 Å². The third kappa shape index (κ3) is 1.58. The molecule has 1 unspecified atom stereocenters. The van der Waals surface area contributed by atoms with Gasteiger partial charge in [0.2, 0.25) is 5.75 Å². The van der Waals surface area contributed by atoms with Crippen LogP contribution in [0.15, 0.2) is 12.3 Å². The second kappa shape index (κ2) is 3.71. The lowest BCUT2D eigenvalue weighted by atomic mass is 10.3. The first-order chi connectivity index (χ1) is 6.81. The molecule has 1 aliphatic rings. The predicted octanol–water partition coefficient (Wildman–Crippen LogP) is 0.450. The van der Waals surface area contributed by atoms with E-state index in [0.717, 1.165) is 0 Å². The van der Waals surface area contributed by atoms with Crippen LogP contribution in [-0.2, 0) is 4.74 Å². The van der Waals surface area contributed by atoms with Crippen LogP contribution in [0.3, 0.4) is 0 Å². The maximum atomic E-state index is 5.68. The van der Waals surface area contributed by atoms with Crippen molar-refractivity contribution in [3.63, 3.8) is 0 Å². The molecular weight excluding hydrogens is 184 g/mol. The van der Waals surface area contributed by atoms with Crippen molar-refractivity contribution in [3.05, 3.63) is 12.3 Å². The summed E-state index contributed by atoms with van der Waals surface area (Å²) in [6.07, 6.45) is 1.48. The van der Waals surface area contributed by atoms with Crippen LogP contribution in [0.1, 0.15) is 0 Å². The molecule has 1 aromatic rings. The van der Waals surface area contributed by atoms with Gasteiger partial charge in [0.05, 0.1) is 12.3 Å². The molecular formula is C9H12N2O3. The van der Waals surface area contributed by atoms with Crippen LogP contribution >= 0.6 is 0 Å². The number of nitrogen functional groups attached to an aromatic ring is 1. The molecule has 0 aromatic carbocycles. The lowest BCUT2D eigenvalue weighted by Crippen LogP contribution is -2.33. The van der Waals surface area contributed by atoms with Crippen molar-refractivity contribution >= 4 is 5.69 Å². The highest BCUT2D eigenvalue weighted by molar-refractivity contribution is 5.57. The molecule has 0 saturated carbocycles. The van der Waals surface area contributed by atoms with Crippen molar-refractivity contribution in [3.8, 4) is 11.6 Å². The number of rotatable bonds is 2. The van der Waals surface area contributed by atoms with Gasteiger partial charge in [0.25, 0.3) is 5.88 Å². The van der Waals surface area contributed by atoms with E-state index in [-0.39, 0.29) is 6.10 Å². The molecule has 0 spiro atoms. The largest absolute Gasteiger partial charge is 0.482 e. The fourth-order valence-electron chi connectivity index (χ4n) is 1.31. The van der Waals surface area contributed by atoms with Crippen LogP contribution in [0, 0.1) is 0 Å². The van der Waals surface area contributed by atoms with Gasteiger partial charge in [-0.2, -0.15) is 0 Å². The Balaban J connectivity index is 2.18. The molecule has 2 N–H and O–H groups in total. The van der Waals surface area contributed by atoms with E-state index in [0.29, 0.717) is 30.5 Å². The fourth-order valence-corrected chi connectivity index (χ4v) is 1.31. The molecule has 0 aliphatic carbocycles. The zero-order chi connectivity index (χ0) is 9.97.